The Bertz CT molecular complexity index is 435. The zero-order valence-corrected chi connectivity index (χ0v) is 12.4. The van der Waals surface area contributed by atoms with Crippen LogP contribution in [0.1, 0.15) is 29.6 Å². The molecule has 3 nitrogen and oxygen atoms in total. The molecule has 0 bridgehead atoms. The van der Waals surface area contributed by atoms with Crippen molar-refractivity contribution in [3.05, 3.63) is 33.3 Å². The van der Waals surface area contributed by atoms with Crippen LogP contribution in [0.25, 0.3) is 0 Å². The van der Waals surface area contributed by atoms with E-state index >= 15 is 0 Å². The van der Waals surface area contributed by atoms with Crippen LogP contribution < -0.4 is 10.6 Å². The van der Waals surface area contributed by atoms with Gasteiger partial charge in [0.25, 0.3) is 5.91 Å². The minimum atomic E-state index is -0.0567. The molecule has 0 unspecified atom stereocenters. The predicted molar refractivity (Wildman–Crippen MR) is 77.1 cm³/mol. The molecule has 1 aromatic rings. The van der Waals surface area contributed by atoms with E-state index in [0.29, 0.717) is 17.1 Å². The minimum absolute atomic E-state index is 0.0567. The van der Waals surface area contributed by atoms with Crippen molar-refractivity contribution < 1.29 is 4.79 Å². The van der Waals surface area contributed by atoms with Crippen LogP contribution in [0.3, 0.4) is 0 Å². The van der Waals surface area contributed by atoms with E-state index in [0.717, 1.165) is 23.5 Å². The zero-order chi connectivity index (χ0) is 13.0. The molecule has 0 radical (unpaired) electrons. The molecule has 1 aliphatic carbocycles. The fourth-order valence-corrected chi connectivity index (χ4v) is 2.12. The summed E-state index contributed by atoms with van der Waals surface area (Å²) in [5, 5.41) is 6.92. The van der Waals surface area contributed by atoms with Crippen molar-refractivity contribution in [3.8, 4) is 0 Å². The standard InChI is InChI=1S/C13H16BrClN2O/c14-11-8-9(2-5-12(11)15)13(18)17-7-1-6-16-10-3-4-10/h2,5,8,10,16H,1,3-4,6-7H2,(H,17,18). The summed E-state index contributed by atoms with van der Waals surface area (Å²) in [4.78, 5) is 11.8. The summed E-state index contributed by atoms with van der Waals surface area (Å²) in [6.45, 7) is 1.66. The number of carbonyl (C=O) groups is 1. The van der Waals surface area contributed by atoms with Gasteiger partial charge in [-0.25, -0.2) is 0 Å². The summed E-state index contributed by atoms with van der Waals surface area (Å²) in [7, 11) is 0. The predicted octanol–water partition coefficient (Wildman–Crippen LogP) is 2.97. The van der Waals surface area contributed by atoms with Gasteiger partial charge >= 0.3 is 0 Å². The molecule has 18 heavy (non-hydrogen) atoms. The molecule has 0 spiro atoms. The molecule has 0 heterocycles. The summed E-state index contributed by atoms with van der Waals surface area (Å²) in [6, 6.07) is 5.91. The van der Waals surface area contributed by atoms with Gasteiger partial charge in [-0.3, -0.25) is 4.79 Å². The summed E-state index contributed by atoms with van der Waals surface area (Å²) in [5.74, 6) is -0.0567. The number of rotatable bonds is 6. The molecule has 98 valence electrons. The van der Waals surface area contributed by atoms with Crippen molar-refractivity contribution in [1.29, 1.82) is 0 Å². The van der Waals surface area contributed by atoms with E-state index < -0.39 is 0 Å². The first-order valence-corrected chi connectivity index (χ1v) is 7.30. The van der Waals surface area contributed by atoms with E-state index in [2.05, 4.69) is 26.6 Å². The fourth-order valence-electron chi connectivity index (χ4n) is 1.62. The number of carbonyl (C=O) groups excluding carboxylic acids is 1. The Morgan fingerprint density at radius 1 is 1.39 bits per heavy atom. The van der Waals surface area contributed by atoms with Crippen LogP contribution in [0.2, 0.25) is 5.02 Å². The average molecular weight is 332 g/mol. The summed E-state index contributed by atoms with van der Waals surface area (Å²) >= 11 is 9.19. The van der Waals surface area contributed by atoms with Crippen molar-refractivity contribution in [2.45, 2.75) is 25.3 Å². The van der Waals surface area contributed by atoms with E-state index in [9.17, 15) is 4.79 Å². The van der Waals surface area contributed by atoms with Gasteiger partial charge in [-0.05, 0) is 59.9 Å². The average Bonchev–Trinajstić information content (AvgIpc) is 3.16. The highest BCUT2D eigenvalue weighted by molar-refractivity contribution is 9.10. The van der Waals surface area contributed by atoms with Gasteiger partial charge in [0.05, 0.1) is 5.02 Å². The second-order valence-corrected chi connectivity index (χ2v) is 5.73. The third kappa shape index (κ3) is 4.26. The maximum absolute atomic E-state index is 11.8. The van der Waals surface area contributed by atoms with Gasteiger partial charge < -0.3 is 10.6 Å². The first-order valence-electron chi connectivity index (χ1n) is 6.13. The highest BCUT2D eigenvalue weighted by atomic mass is 79.9. The van der Waals surface area contributed by atoms with E-state index in [1.165, 1.54) is 12.8 Å². The van der Waals surface area contributed by atoms with Crippen molar-refractivity contribution in [2.24, 2.45) is 0 Å². The zero-order valence-electron chi connectivity index (χ0n) is 10.0. The molecule has 2 rings (SSSR count). The Balaban J connectivity index is 1.70. The number of nitrogens with one attached hydrogen (secondary N) is 2. The molecule has 0 atom stereocenters. The lowest BCUT2D eigenvalue weighted by Gasteiger charge is -2.06. The number of benzene rings is 1. The van der Waals surface area contributed by atoms with Crippen molar-refractivity contribution in [1.82, 2.24) is 10.6 Å². The minimum Gasteiger partial charge on any atom is -0.352 e. The second kappa shape index (κ2) is 6.55. The fraction of sp³-hybridized carbons (Fsp3) is 0.462. The van der Waals surface area contributed by atoms with Crippen molar-refractivity contribution in [2.75, 3.05) is 13.1 Å². The van der Waals surface area contributed by atoms with Crippen LogP contribution in [0.5, 0.6) is 0 Å². The molecular weight excluding hydrogens is 316 g/mol. The van der Waals surface area contributed by atoms with Crippen molar-refractivity contribution >= 4 is 33.4 Å². The van der Waals surface area contributed by atoms with Crippen LogP contribution in [0.15, 0.2) is 22.7 Å². The SMILES string of the molecule is O=C(NCCCNC1CC1)c1ccc(Cl)c(Br)c1. The first kappa shape index (κ1) is 13.8. The number of halogens is 2. The van der Waals surface area contributed by atoms with Crippen LogP contribution in [-0.2, 0) is 0 Å². The molecule has 1 aromatic carbocycles. The Hall–Kier alpha value is -0.580. The van der Waals surface area contributed by atoms with Gasteiger partial charge in [-0.15, -0.1) is 0 Å². The number of amides is 1. The third-order valence-corrected chi connectivity index (χ3v) is 4.05. The summed E-state index contributed by atoms with van der Waals surface area (Å²) < 4.78 is 0.743. The van der Waals surface area contributed by atoms with Crippen LogP contribution in [0.4, 0.5) is 0 Å². The lowest BCUT2D eigenvalue weighted by Crippen LogP contribution is -2.27. The van der Waals surface area contributed by atoms with Gasteiger partial charge in [0.15, 0.2) is 0 Å². The topological polar surface area (TPSA) is 41.1 Å². The van der Waals surface area contributed by atoms with Gasteiger partial charge in [-0.1, -0.05) is 11.6 Å². The second-order valence-electron chi connectivity index (χ2n) is 4.47. The monoisotopic (exact) mass is 330 g/mol. The van der Waals surface area contributed by atoms with E-state index in [1.807, 2.05) is 0 Å². The van der Waals surface area contributed by atoms with Gasteiger partial charge in [0.1, 0.15) is 0 Å². The number of hydrogen-bond acceptors (Lipinski definition) is 2. The van der Waals surface area contributed by atoms with Gasteiger partial charge in [0.2, 0.25) is 0 Å². The Kier molecular flexibility index (Phi) is 5.03. The quantitative estimate of drug-likeness (QED) is 0.787. The van der Waals surface area contributed by atoms with Crippen LogP contribution in [-0.4, -0.2) is 25.0 Å². The third-order valence-electron chi connectivity index (χ3n) is 2.83. The Morgan fingerprint density at radius 3 is 2.83 bits per heavy atom. The maximum atomic E-state index is 11.8. The molecule has 1 amide bonds. The first-order chi connectivity index (χ1) is 8.66. The molecule has 5 heteroatoms. The van der Waals surface area contributed by atoms with Gasteiger partial charge in [-0.2, -0.15) is 0 Å². The molecule has 2 N–H and O–H groups in total. The molecule has 1 aliphatic rings. The Morgan fingerprint density at radius 2 is 2.17 bits per heavy atom. The lowest BCUT2D eigenvalue weighted by atomic mass is 10.2. The molecule has 0 aliphatic heterocycles. The van der Waals surface area contributed by atoms with Crippen LogP contribution >= 0.6 is 27.5 Å². The lowest BCUT2D eigenvalue weighted by molar-refractivity contribution is 0.0953. The molecule has 0 saturated heterocycles. The van der Waals surface area contributed by atoms with Crippen LogP contribution in [0, 0.1) is 0 Å². The molecule has 1 saturated carbocycles. The highest BCUT2D eigenvalue weighted by Crippen LogP contribution is 2.23. The van der Waals surface area contributed by atoms with E-state index in [4.69, 9.17) is 11.6 Å². The summed E-state index contributed by atoms with van der Waals surface area (Å²) in [6.07, 6.45) is 3.55. The summed E-state index contributed by atoms with van der Waals surface area (Å²) in [5.41, 5.74) is 0.626. The smallest absolute Gasteiger partial charge is 0.251 e. The maximum Gasteiger partial charge on any atom is 0.251 e. The molecule has 1 fully saturated rings. The Labute approximate surface area is 120 Å². The highest BCUT2D eigenvalue weighted by Gasteiger charge is 2.19. The molecule has 0 aromatic heterocycles. The van der Waals surface area contributed by atoms with Crippen molar-refractivity contribution in [3.63, 3.8) is 0 Å². The van der Waals surface area contributed by atoms with E-state index in [-0.39, 0.29) is 5.91 Å². The largest absolute Gasteiger partial charge is 0.352 e. The molecular formula is C13H16BrClN2O. The number of hydrogen-bond donors (Lipinski definition) is 2. The normalized spacial score (nSPS) is 14.6. The van der Waals surface area contributed by atoms with E-state index in [1.54, 1.807) is 18.2 Å². The van der Waals surface area contributed by atoms with Gasteiger partial charge in [0, 0.05) is 22.6 Å².